The normalized spacial score (nSPS) is 22.4. The molecular weight excluding hydrogens is 254 g/mol. The van der Waals surface area contributed by atoms with Crippen molar-refractivity contribution in [2.45, 2.75) is 12.5 Å². The van der Waals surface area contributed by atoms with Crippen LogP contribution in [0.3, 0.4) is 0 Å². The van der Waals surface area contributed by atoms with Gasteiger partial charge in [-0.1, -0.05) is 6.07 Å². The average molecular weight is 269 g/mol. The highest BCUT2D eigenvalue weighted by Crippen LogP contribution is 2.28. The van der Waals surface area contributed by atoms with Crippen LogP contribution in [0.15, 0.2) is 23.2 Å². The zero-order valence-corrected chi connectivity index (χ0v) is 10.9. The molecule has 1 atom stereocenters. The van der Waals surface area contributed by atoms with Crippen LogP contribution in [0.5, 0.6) is 11.5 Å². The van der Waals surface area contributed by atoms with Crippen LogP contribution in [0.2, 0.25) is 0 Å². The van der Waals surface area contributed by atoms with Crippen molar-refractivity contribution in [3.63, 3.8) is 0 Å². The number of methoxy groups -OCH3 is 1. The summed E-state index contributed by atoms with van der Waals surface area (Å²) in [5, 5.41) is 9.83. The van der Waals surface area contributed by atoms with E-state index in [4.69, 9.17) is 4.74 Å². The van der Waals surface area contributed by atoms with Crippen molar-refractivity contribution < 1.29 is 18.3 Å². The number of aromatic hydroxyl groups is 1. The summed E-state index contributed by atoms with van der Waals surface area (Å²) >= 11 is 0. The Morgan fingerprint density at radius 2 is 2.28 bits per heavy atom. The van der Waals surface area contributed by atoms with Crippen LogP contribution < -0.4 is 4.74 Å². The third-order valence-corrected chi connectivity index (χ3v) is 4.63. The van der Waals surface area contributed by atoms with Crippen molar-refractivity contribution in [2.75, 3.05) is 18.6 Å². The molecule has 0 unspecified atom stereocenters. The SMILES string of the molecule is COc1cccc(C=N[C@H]2CCS(=O)(=O)C2)c1O. The van der Waals surface area contributed by atoms with Crippen LogP contribution in [0.25, 0.3) is 0 Å². The van der Waals surface area contributed by atoms with Crippen molar-refractivity contribution >= 4 is 16.1 Å². The minimum absolute atomic E-state index is 0.0182. The minimum atomic E-state index is -2.92. The summed E-state index contributed by atoms with van der Waals surface area (Å²) in [6.45, 7) is 0. The number of aliphatic imine (C=N–C) groups is 1. The number of phenolic OH excluding ortho intramolecular Hbond substituents is 1. The lowest BCUT2D eigenvalue weighted by molar-refractivity contribution is 0.373. The molecule has 0 radical (unpaired) electrons. The summed E-state index contributed by atoms with van der Waals surface area (Å²) in [5.41, 5.74) is 0.527. The average Bonchev–Trinajstić information content (AvgIpc) is 2.68. The van der Waals surface area contributed by atoms with E-state index in [0.29, 0.717) is 17.7 Å². The number of ether oxygens (including phenoxy) is 1. The molecule has 1 fully saturated rings. The molecular formula is C12H15NO4S. The molecule has 1 N–H and O–H groups in total. The lowest BCUT2D eigenvalue weighted by atomic mass is 10.2. The first-order valence-electron chi connectivity index (χ1n) is 5.61. The monoisotopic (exact) mass is 269 g/mol. The van der Waals surface area contributed by atoms with Crippen molar-refractivity contribution in [1.82, 2.24) is 0 Å². The van der Waals surface area contributed by atoms with E-state index in [-0.39, 0.29) is 23.3 Å². The van der Waals surface area contributed by atoms with Crippen molar-refractivity contribution in [1.29, 1.82) is 0 Å². The Bertz CT molecular complexity index is 565. The highest BCUT2D eigenvalue weighted by molar-refractivity contribution is 7.91. The molecule has 5 nitrogen and oxygen atoms in total. The quantitative estimate of drug-likeness (QED) is 0.831. The first-order valence-corrected chi connectivity index (χ1v) is 7.43. The molecule has 1 aromatic rings. The lowest BCUT2D eigenvalue weighted by Crippen LogP contribution is -2.07. The Morgan fingerprint density at radius 1 is 1.50 bits per heavy atom. The van der Waals surface area contributed by atoms with Crippen LogP contribution in [-0.2, 0) is 9.84 Å². The number of nitrogens with zero attached hydrogens (tertiary/aromatic N) is 1. The van der Waals surface area contributed by atoms with E-state index in [2.05, 4.69) is 4.99 Å². The van der Waals surface area contributed by atoms with Crippen LogP contribution in [0, 0.1) is 0 Å². The molecule has 0 spiro atoms. The van der Waals surface area contributed by atoms with Gasteiger partial charge in [-0.25, -0.2) is 8.42 Å². The summed E-state index contributed by atoms with van der Waals surface area (Å²) < 4.78 is 27.5. The van der Waals surface area contributed by atoms with Crippen LogP contribution in [0.4, 0.5) is 0 Å². The molecule has 1 aliphatic rings. The van der Waals surface area contributed by atoms with Gasteiger partial charge in [0.25, 0.3) is 0 Å². The molecule has 0 amide bonds. The van der Waals surface area contributed by atoms with Gasteiger partial charge >= 0.3 is 0 Å². The standard InChI is InChI=1S/C12H15NO4S/c1-17-11-4-2-3-9(12(11)14)7-13-10-5-6-18(15,16)8-10/h2-4,7,10,14H,5-6,8H2,1H3/t10-/m0/s1. The van der Waals surface area contributed by atoms with Crippen molar-refractivity contribution in [3.8, 4) is 11.5 Å². The highest BCUT2D eigenvalue weighted by atomic mass is 32.2. The predicted octanol–water partition coefficient (Wildman–Crippen LogP) is 1.01. The minimum Gasteiger partial charge on any atom is -0.504 e. The fourth-order valence-electron chi connectivity index (χ4n) is 1.89. The Morgan fingerprint density at radius 3 is 2.89 bits per heavy atom. The fraction of sp³-hybridized carbons (Fsp3) is 0.417. The van der Waals surface area contributed by atoms with E-state index < -0.39 is 9.84 Å². The van der Waals surface area contributed by atoms with E-state index in [9.17, 15) is 13.5 Å². The van der Waals surface area contributed by atoms with Crippen LogP contribution in [0.1, 0.15) is 12.0 Å². The molecule has 2 rings (SSSR count). The van der Waals surface area contributed by atoms with Gasteiger partial charge in [-0.15, -0.1) is 0 Å². The Balaban J connectivity index is 2.15. The number of hydrogen-bond donors (Lipinski definition) is 1. The van der Waals surface area contributed by atoms with E-state index >= 15 is 0 Å². The van der Waals surface area contributed by atoms with E-state index in [1.807, 2.05) is 0 Å². The maximum absolute atomic E-state index is 11.3. The van der Waals surface area contributed by atoms with Crippen molar-refractivity contribution in [2.24, 2.45) is 4.99 Å². The van der Waals surface area contributed by atoms with Gasteiger partial charge in [0, 0.05) is 11.8 Å². The molecule has 0 aromatic heterocycles. The van der Waals surface area contributed by atoms with Gasteiger partial charge in [0.1, 0.15) is 0 Å². The predicted molar refractivity (Wildman–Crippen MR) is 69.3 cm³/mol. The summed E-state index contributed by atoms with van der Waals surface area (Å²) in [6.07, 6.45) is 2.05. The van der Waals surface area contributed by atoms with Gasteiger partial charge in [0.2, 0.25) is 0 Å². The number of hydrogen-bond acceptors (Lipinski definition) is 5. The van der Waals surface area contributed by atoms with E-state index in [0.717, 1.165) is 0 Å². The van der Waals surface area contributed by atoms with E-state index in [1.165, 1.54) is 13.3 Å². The molecule has 0 bridgehead atoms. The first-order chi connectivity index (χ1) is 8.52. The number of benzene rings is 1. The molecule has 6 heteroatoms. The third kappa shape index (κ3) is 2.81. The zero-order chi connectivity index (χ0) is 13.2. The van der Waals surface area contributed by atoms with Gasteiger partial charge in [-0.3, -0.25) is 4.99 Å². The number of para-hydroxylation sites is 1. The van der Waals surface area contributed by atoms with Gasteiger partial charge in [-0.2, -0.15) is 0 Å². The molecule has 1 aromatic carbocycles. The number of sulfone groups is 1. The molecule has 0 saturated carbocycles. The molecule has 0 aliphatic carbocycles. The summed E-state index contributed by atoms with van der Waals surface area (Å²) in [7, 11) is -1.45. The van der Waals surface area contributed by atoms with Gasteiger partial charge in [0.15, 0.2) is 21.3 Å². The first kappa shape index (κ1) is 12.9. The lowest BCUT2D eigenvalue weighted by Gasteiger charge is -2.05. The smallest absolute Gasteiger partial charge is 0.166 e. The third-order valence-electron chi connectivity index (χ3n) is 2.88. The second-order valence-corrected chi connectivity index (χ2v) is 6.46. The Kier molecular flexibility index (Phi) is 3.56. The van der Waals surface area contributed by atoms with Gasteiger partial charge < -0.3 is 9.84 Å². The second kappa shape index (κ2) is 4.97. The largest absolute Gasteiger partial charge is 0.504 e. The van der Waals surface area contributed by atoms with E-state index in [1.54, 1.807) is 18.2 Å². The topological polar surface area (TPSA) is 76.0 Å². The number of phenols is 1. The summed E-state index contributed by atoms with van der Waals surface area (Å²) in [5.74, 6) is 0.676. The molecule has 1 saturated heterocycles. The molecule has 98 valence electrons. The van der Waals surface area contributed by atoms with Gasteiger partial charge in [0.05, 0.1) is 24.7 Å². The number of rotatable bonds is 3. The summed E-state index contributed by atoms with van der Waals surface area (Å²) in [6, 6.07) is 4.88. The van der Waals surface area contributed by atoms with Gasteiger partial charge in [-0.05, 0) is 18.6 Å². The van der Waals surface area contributed by atoms with Crippen molar-refractivity contribution in [3.05, 3.63) is 23.8 Å². The second-order valence-electron chi connectivity index (χ2n) is 4.23. The maximum Gasteiger partial charge on any atom is 0.166 e. The Labute approximate surface area is 106 Å². The molecule has 1 aliphatic heterocycles. The summed E-state index contributed by atoms with van der Waals surface area (Å²) in [4.78, 5) is 4.21. The molecule has 18 heavy (non-hydrogen) atoms. The zero-order valence-electron chi connectivity index (χ0n) is 10.0. The van der Waals surface area contributed by atoms with Crippen LogP contribution >= 0.6 is 0 Å². The fourth-order valence-corrected chi connectivity index (χ4v) is 3.52. The maximum atomic E-state index is 11.3. The van der Waals surface area contributed by atoms with Crippen LogP contribution in [-0.4, -0.2) is 44.4 Å². The highest BCUT2D eigenvalue weighted by Gasteiger charge is 2.26. The Hall–Kier alpha value is -1.56. The molecule has 1 heterocycles.